The minimum absolute atomic E-state index is 0.0160. The Morgan fingerprint density at radius 2 is 1.94 bits per heavy atom. The van der Waals surface area contributed by atoms with Crippen molar-refractivity contribution in [1.29, 1.82) is 0 Å². The van der Waals surface area contributed by atoms with Crippen molar-refractivity contribution in [2.45, 2.75) is 24.1 Å². The van der Waals surface area contributed by atoms with Crippen molar-refractivity contribution in [2.24, 2.45) is 10.7 Å². The molecule has 0 radical (unpaired) electrons. The molecule has 20 heteroatoms. The number of hydrogen-bond donors (Lipinski definition) is 6. The third kappa shape index (κ3) is 6.93. The van der Waals surface area contributed by atoms with E-state index in [4.69, 9.17) is 20.3 Å². The minimum Gasteiger partial charge on any atom is -0.387 e. The van der Waals surface area contributed by atoms with Crippen LogP contribution in [0.3, 0.4) is 0 Å². The molecule has 2 rings (SSSR count). The number of hydrogen-bond acceptors (Lipinski definition) is 12. The number of aliphatic hydroxyl groups is 1. The number of nitrogens with zero attached hydrogens (tertiary/aromatic N) is 2. The van der Waals surface area contributed by atoms with Crippen molar-refractivity contribution < 1.29 is 60.6 Å². The molecule has 184 valence electrons. The van der Waals surface area contributed by atoms with Gasteiger partial charge < -0.3 is 40.1 Å². The van der Waals surface area contributed by atoms with E-state index < -0.39 is 54.2 Å². The van der Waals surface area contributed by atoms with Crippen LogP contribution in [0.4, 0.5) is 4.39 Å². The van der Waals surface area contributed by atoms with Gasteiger partial charge in [-0.05, 0) is 12.3 Å². The predicted octanol–water partition coefficient (Wildman–Crippen LogP) is 0.144. The van der Waals surface area contributed by atoms with Crippen LogP contribution in [-0.2, 0) is 31.6 Å². The van der Waals surface area contributed by atoms with Crippen molar-refractivity contribution in [3.63, 3.8) is 0 Å². The number of ether oxygens (including phenoxy) is 1. The monoisotopic (exact) mass is 543 g/mol. The third-order valence-electron chi connectivity index (χ3n) is 3.98. The second-order valence-electron chi connectivity index (χ2n) is 6.44. The Labute approximate surface area is 185 Å². The van der Waals surface area contributed by atoms with E-state index in [1.165, 1.54) is 12.3 Å². The Bertz CT molecular complexity index is 945. The highest BCUT2D eigenvalue weighted by molar-refractivity contribution is 7.98. The van der Waals surface area contributed by atoms with Gasteiger partial charge in [0.15, 0.2) is 12.4 Å². The second kappa shape index (κ2) is 9.92. The maximum Gasteiger partial charge on any atom is 0.490 e. The molecule has 7 N–H and O–H groups in total. The summed E-state index contributed by atoms with van der Waals surface area (Å²) in [6.45, 7) is 2.56. The highest BCUT2D eigenvalue weighted by Gasteiger charge is 2.58. The fraction of sp³-hybridized carbons (Fsp3) is 0.583. The van der Waals surface area contributed by atoms with Crippen LogP contribution >= 0.6 is 35.2 Å². The van der Waals surface area contributed by atoms with Crippen molar-refractivity contribution in [2.75, 3.05) is 18.6 Å². The summed E-state index contributed by atoms with van der Waals surface area (Å²) >= 11 is 1.04. The van der Waals surface area contributed by atoms with Gasteiger partial charge in [-0.25, -0.2) is 23.1 Å². The summed E-state index contributed by atoms with van der Waals surface area (Å²) in [5.74, 6) is -0.114. The molecule has 0 amide bonds. The zero-order valence-corrected chi connectivity index (χ0v) is 19.7. The molecular formula is C12H21FN3O12P3S. The number of phosphoric ester groups is 1. The summed E-state index contributed by atoms with van der Waals surface area (Å²) in [4.78, 5) is 41.0. The molecule has 0 aliphatic carbocycles. The maximum atomic E-state index is 14.9. The zero-order chi connectivity index (χ0) is 24.5. The van der Waals surface area contributed by atoms with Gasteiger partial charge >= 0.3 is 23.5 Å². The van der Waals surface area contributed by atoms with E-state index in [0.717, 1.165) is 16.7 Å². The van der Waals surface area contributed by atoms with Crippen LogP contribution in [0, 0.1) is 0 Å². The standard InChI is InChI=1S/C12H21FN3O12P3S/c1-7-15-8(14)3-4-16(7)11-9(13)10(17)12(26-11,6-32-2)5-25-30(21,22)28-31(23,24)27-29(18,19)20/h3-4,9-11,17H,1,5-6H2,2H3,(H2,14,15)(H,21,22)(H,23,24)(H2,18,19,20)/t9-,10+,11-,12+/m1/s1. The Kier molecular flexibility index (Phi) is 8.56. The van der Waals surface area contributed by atoms with Crippen LogP contribution in [0.15, 0.2) is 29.7 Å². The number of phosphoric acid groups is 3. The van der Waals surface area contributed by atoms with E-state index in [9.17, 15) is 33.0 Å². The molecule has 2 aliphatic heterocycles. The number of alkyl halides is 1. The number of thioether (sulfide) groups is 1. The largest absolute Gasteiger partial charge is 0.490 e. The van der Waals surface area contributed by atoms with Gasteiger partial charge in [0, 0.05) is 12.0 Å². The third-order valence-corrected chi connectivity index (χ3v) is 8.54. The lowest BCUT2D eigenvalue weighted by Gasteiger charge is -2.33. The molecule has 32 heavy (non-hydrogen) atoms. The summed E-state index contributed by atoms with van der Waals surface area (Å²) in [6, 6.07) is 0. The summed E-state index contributed by atoms with van der Waals surface area (Å²) < 4.78 is 66.5. The van der Waals surface area contributed by atoms with Crippen molar-refractivity contribution in [3.8, 4) is 0 Å². The molecule has 1 fully saturated rings. The van der Waals surface area contributed by atoms with E-state index in [1.54, 1.807) is 6.26 Å². The first-order chi connectivity index (χ1) is 14.5. The molecule has 2 unspecified atom stereocenters. The fourth-order valence-electron chi connectivity index (χ4n) is 2.77. The maximum absolute atomic E-state index is 14.9. The van der Waals surface area contributed by atoms with Crippen molar-refractivity contribution in [3.05, 3.63) is 24.7 Å². The average molecular weight is 543 g/mol. The molecule has 0 aromatic rings. The summed E-state index contributed by atoms with van der Waals surface area (Å²) in [5.41, 5.74) is 3.56. The predicted molar refractivity (Wildman–Crippen MR) is 108 cm³/mol. The van der Waals surface area contributed by atoms with Gasteiger partial charge in [0.1, 0.15) is 23.4 Å². The van der Waals surface area contributed by atoms with Gasteiger partial charge in [-0.1, -0.05) is 6.58 Å². The highest BCUT2D eigenvalue weighted by atomic mass is 32.2. The lowest BCUT2D eigenvalue weighted by molar-refractivity contribution is -0.118. The number of aliphatic hydroxyl groups excluding tert-OH is 1. The Balaban J connectivity index is 2.19. The molecule has 0 bridgehead atoms. The van der Waals surface area contributed by atoms with Crippen molar-refractivity contribution in [1.82, 2.24) is 4.90 Å². The Morgan fingerprint density at radius 1 is 1.31 bits per heavy atom. The topological polar surface area (TPSA) is 231 Å². The zero-order valence-electron chi connectivity index (χ0n) is 16.2. The number of rotatable bonds is 10. The lowest BCUT2D eigenvalue weighted by atomic mass is 9.99. The smallest absolute Gasteiger partial charge is 0.387 e. The minimum atomic E-state index is -5.75. The van der Waals surface area contributed by atoms with Crippen LogP contribution in [0.2, 0.25) is 0 Å². The van der Waals surface area contributed by atoms with Crippen LogP contribution in [0.1, 0.15) is 0 Å². The van der Waals surface area contributed by atoms with Crippen molar-refractivity contribution >= 4 is 41.1 Å². The second-order valence-corrected chi connectivity index (χ2v) is 11.7. The summed E-state index contributed by atoms with van der Waals surface area (Å²) in [5, 5.41) is 10.5. The molecule has 1 saturated heterocycles. The Hall–Kier alpha value is -0.640. The molecule has 2 heterocycles. The summed E-state index contributed by atoms with van der Waals surface area (Å²) in [6.07, 6.45) is -1.35. The molecule has 6 atom stereocenters. The molecule has 15 nitrogen and oxygen atoms in total. The molecule has 0 aromatic heterocycles. The van der Waals surface area contributed by atoms with Crippen LogP contribution in [0.25, 0.3) is 0 Å². The number of halogens is 1. The lowest BCUT2D eigenvalue weighted by Crippen LogP contribution is -2.48. The number of amidine groups is 1. The first kappa shape index (κ1) is 27.6. The van der Waals surface area contributed by atoms with Crippen LogP contribution < -0.4 is 5.73 Å². The van der Waals surface area contributed by atoms with Crippen LogP contribution in [-0.4, -0.2) is 78.1 Å². The normalized spacial score (nSPS) is 32.5. The SMILES string of the molecule is C=C1N=C(N)C=CN1[C@@H]1O[C@@](COP(=O)(O)OP(=O)(O)OP(=O)(O)O)(CSC)[C@@H](O)[C@H]1F. The number of nitrogens with two attached hydrogens (primary N) is 1. The quantitative estimate of drug-likeness (QED) is 0.201. The van der Waals surface area contributed by atoms with Crippen LogP contribution in [0.5, 0.6) is 0 Å². The molecular weight excluding hydrogens is 522 g/mol. The first-order valence-corrected chi connectivity index (χ1v) is 14.2. The summed E-state index contributed by atoms with van der Waals surface area (Å²) in [7, 11) is -16.8. The average Bonchev–Trinajstić information content (AvgIpc) is 2.83. The van der Waals surface area contributed by atoms with Gasteiger partial charge in [-0.15, -0.1) is 0 Å². The molecule has 0 spiro atoms. The molecule has 0 aromatic carbocycles. The van der Waals surface area contributed by atoms with Gasteiger partial charge in [0.2, 0.25) is 0 Å². The van der Waals surface area contributed by atoms with E-state index in [2.05, 4.69) is 24.7 Å². The highest BCUT2D eigenvalue weighted by Crippen LogP contribution is 2.66. The van der Waals surface area contributed by atoms with Gasteiger partial charge in [-0.3, -0.25) is 4.52 Å². The van der Waals surface area contributed by atoms with E-state index in [1.807, 2.05) is 0 Å². The Morgan fingerprint density at radius 3 is 2.47 bits per heavy atom. The van der Waals surface area contributed by atoms with Gasteiger partial charge in [0.25, 0.3) is 0 Å². The van der Waals surface area contributed by atoms with E-state index >= 15 is 0 Å². The van der Waals surface area contributed by atoms with E-state index in [0.29, 0.717) is 0 Å². The van der Waals surface area contributed by atoms with E-state index in [-0.39, 0.29) is 17.4 Å². The fourth-order valence-corrected chi connectivity index (χ4v) is 6.66. The van der Waals surface area contributed by atoms with Gasteiger partial charge in [-0.2, -0.15) is 20.4 Å². The number of aliphatic imine (C=N–C) groups is 1. The first-order valence-electron chi connectivity index (χ1n) is 8.28. The van der Waals surface area contributed by atoms with Gasteiger partial charge in [0.05, 0.1) is 6.61 Å². The molecule has 0 saturated carbocycles. The molecule has 2 aliphatic rings.